The Bertz CT molecular complexity index is 477. The second-order valence-corrected chi connectivity index (χ2v) is 4.79. The number of halogens is 1. The van der Waals surface area contributed by atoms with Gasteiger partial charge in [0.15, 0.2) is 11.6 Å². The van der Waals surface area contributed by atoms with E-state index in [-0.39, 0.29) is 5.75 Å². The number of benzene rings is 1. The smallest absolute Gasteiger partial charge is 0.308 e. The fourth-order valence-electron chi connectivity index (χ4n) is 2.51. The highest BCUT2D eigenvalue weighted by atomic mass is 19.1. The first-order valence-corrected chi connectivity index (χ1v) is 5.76. The van der Waals surface area contributed by atoms with Crippen LogP contribution in [0.2, 0.25) is 0 Å². The molecule has 0 bridgehead atoms. The zero-order valence-corrected chi connectivity index (χ0v) is 10.4. The van der Waals surface area contributed by atoms with Gasteiger partial charge in [0.1, 0.15) is 0 Å². The summed E-state index contributed by atoms with van der Waals surface area (Å²) in [7, 11) is 1.40. The molecule has 0 amide bonds. The Morgan fingerprint density at radius 2 is 2.33 bits per heavy atom. The summed E-state index contributed by atoms with van der Waals surface area (Å²) in [6, 6.07) is 4.62. The minimum Gasteiger partial charge on any atom is -0.494 e. The first-order valence-electron chi connectivity index (χ1n) is 5.76. The highest BCUT2D eigenvalue weighted by Crippen LogP contribution is 2.36. The SMILES string of the molecule is COc1ccc(C2(C)CNCC2C(=O)O)cc1F. The summed E-state index contributed by atoms with van der Waals surface area (Å²) in [5.41, 5.74) is 0.0806. The van der Waals surface area contributed by atoms with Crippen molar-refractivity contribution in [3.8, 4) is 5.75 Å². The number of rotatable bonds is 3. The Kier molecular flexibility index (Phi) is 3.26. The van der Waals surface area contributed by atoms with Gasteiger partial charge in [-0.25, -0.2) is 4.39 Å². The highest BCUT2D eigenvalue weighted by Gasteiger charge is 2.44. The molecule has 0 aliphatic carbocycles. The van der Waals surface area contributed by atoms with Gasteiger partial charge in [-0.3, -0.25) is 4.79 Å². The summed E-state index contributed by atoms with van der Waals surface area (Å²) in [5, 5.41) is 12.3. The molecule has 1 aromatic rings. The standard InChI is InChI=1S/C13H16FNO3/c1-13(7-15-6-9(13)12(16)17)8-3-4-11(18-2)10(14)5-8/h3-5,9,15H,6-7H2,1-2H3,(H,16,17). The molecule has 18 heavy (non-hydrogen) atoms. The van der Waals surface area contributed by atoms with Gasteiger partial charge in [0.25, 0.3) is 0 Å². The van der Waals surface area contributed by atoms with Crippen LogP contribution in [0, 0.1) is 11.7 Å². The average molecular weight is 253 g/mol. The van der Waals surface area contributed by atoms with Gasteiger partial charge in [-0.15, -0.1) is 0 Å². The summed E-state index contributed by atoms with van der Waals surface area (Å²) in [6.45, 7) is 2.77. The van der Waals surface area contributed by atoms with Gasteiger partial charge < -0.3 is 15.2 Å². The molecule has 2 atom stereocenters. The van der Waals surface area contributed by atoms with E-state index in [0.29, 0.717) is 18.7 Å². The van der Waals surface area contributed by atoms with Crippen LogP contribution in [0.5, 0.6) is 5.75 Å². The van der Waals surface area contributed by atoms with Gasteiger partial charge >= 0.3 is 5.97 Å². The molecule has 2 N–H and O–H groups in total. The van der Waals surface area contributed by atoms with Crippen molar-refractivity contribution in [3.63, 3.8) is 0 Å². The Morgan fingerprint density at radius 3 is 2.89 bits per heavy atom. The average Bonchev–Trinajstić information content (AvgIpc) is 2.72. The van der Waals surface area contributed by atoms with Crippen LogP contribution >= 0.6 is 0 Å². The number of ether oxygens (including phenoxy) is 1. The first kappa shape index (κ1) is 12.8. The molecular weight excluding hydrogens is 237 g/mol. The van der Waals surface area contributed by atoms with Crippen molar-refractivity contribution in [1.29, 1.82) is 0 Å². The van der Waals surface area contributed by atoms with Crippen molar-refractivity contribution in [2.24, 2.45) is 5.92 Å². The van der Waals surface area contributed by atoms with E-state index in [4.69, 9.17) is 4.74 Å². The third-order valence-electron chi connectivity index (χ3n) is 3.72. The third kappa shape index (κ3) is 1.95. The zero-order valence-electron chi connectivity index (χ0n) is 10.4. The van der Waals surface area contributed by atoms with Crippen molar-refractivity contribution >= 4 is 5.97 Å². The molecule has 0 radical (unpaired) electrons. The number of hydrogen-bond donors (Lipinski definition) is 2. The largest absolute Gasteiger partial charge is 0.494 e. The molecule has 5 heteroatoms. The van der Waals surface area contributed by atoms with Gasteiger partial charge in [-0.05, 0) is 17.7 Å². The Morgan fingerprint density at radius 1 is 1.61 bits per heavy atom. The molecule has 0 saturated carbocycles. The van der Waals surface area contributed by atoms with E-state index < -0.39 is 23.1 Å². The molecule has 2 unspecified atom stereocenters. The summed E-state index contributed by atoms with van der Waals surface area (Å²) in [4.78, 5) is 11.2. The van der Waals surface area contributed by atoms with Crippen LogP contribution in [-0.4, -0.2) is 31.3 Å². The van der Waals surface area contributed by atoms with Crippen LogP contribution in [-0.2, 0) is 10.2 Å². The molecular formula is C13H16FNO3. The predicted molar refractivity (Wildman–Crippen MR) is 64.3 cm³/mol. The molecule has 2 rings (SSSR count). The summed E-state index contributed by atoms with van der Waals surface area (Å²) >= 11 is 0. The molecule has 1 saturated heterocycles. The monoisotopic (exact) mass is 253 g/mol. The van der Waals surface area contributed by atoms with E-state index in [0.717, 1.165) is 0 Å². The number of carboxylic acids is 1. The van der Waals surface area contributed by atoms with Crippen LogP contribution in [0.15, 0.2) is 18.2 Å². The maximum atomic E-state index is 13.7. The molecule has 0 spiro atoms. The van der Waals surface area contributed by atoms with Crippen LogP contribution < -0.4 is 10.1 Å². The highest BCUT2D eigenvalue weighted by molar-refractivity contribution is 5.73. The quantitative estimate of drug-likeness (QED) is 0.854. The van der Waals surface area contributed by atoms with Gasteiger partial charge in [0, 0.05) is 18.5 Å². The van der Waals surface area contributed by atoms with Crippen molar-refractivity contribution in [3.05, 3.63) is 29.6 Å². The predicted octanol–water partition coefficient (Wildman–Crippen LogP) is 1.40. The van der Waals surface area contributed by atoms with Crippen LogP contribution in [0.1, 0.15) is 12.5 Å². The second kappa shape index (κ2) is 4.57. The van der Waals surface area contributed by atoms with Crippen molar-refractivity contribution in [1.82, 2.24) is 5.32 Å². The van der Waals surface area contributed by atoms with Crippen molar-refractivity contribution in [2.45, 2.75) is 12.3 Å². The molecule has 1 fully saturated rings. The summed E-state index contributed by atoms with van der Waals surface area (Å²) in [5.74, 6) is -1.71. The zero-order chi connectivity index (χ0) is 13.3. The lowest BCUT2D eigenvalue weighted by Crippen LogP contribution is -2.36. The lowest BCUT2D eigenvalue weighted by atomic mass is 9.74. The Labute approximate surface area is 105 Å². The minimum absolute atomic E-state index is 0.167. The van der Waals surface area contributed by atoms with Gasteiger partial charge in [-0.1, -0.05) is 13.0 Å². The lowest BCUT2D eigenvalue weighted by Gasteiger charge is -2.28. The Balaban J connectivity index is 2.40. The summed E-state index contributed by atoms with van der Waals surface area (Å²) < 4.78 is 18.6. The van der Waals surface area contributed by atoms with E-state index in [2.05, 4.69) is 5.32 Å². The number of carboxylic acid groups (broad SMARTS) is 1. The van der Waals surface area contributed by atoms with E-state index >= 15 is 0 Å². The number of carbonyl (C=O) groups is 1. The van der Waals surface area contributed by atoms with E-state index in [1.807, 2.05) is 6.92 Å². The topological polar surface area (TPSA) is 58.6 Å². The number of hydrogen-bond acceptors (Lipinski definition) is 3. The number of methoxy groups -OCH3 is 1. The molecule has 0 aromatic heterocycles. The maximum absolute atomic E-state index is 13.7. The molecule has 98 valence electrons. The van der Waals surface area contributed by atoms with E-state index in [1.165, 1.54) is 19.2 Å². The first-order chi connectivity index (χ1) is 8.49. The third-order valence-corrected chi connectivity index (χ3v) is 3.72. The number of aliphatic carboxylic acids is 1. The second-order valence-electron chi connectivity index (χ2n) is 4.79. The molecule has 1 aromatic carbocycles. The van der Waals surface area contributed by atoms with Gasteiger partial charge in [-0.2, -0.15) is 0 Å². The molecule has 1 heterocycles. The Hall–Kier alpha value is -1.62. The lowest BCUT2D eigenvalue weighted by molar-refractivity contribution is -0.142. The van der Waals surface area contributed by atoms with Crippen LogP contribution in [0.3, 0.4) is 0 Å². The minimum atomic E-state index is -0.862. The van der Waals surface area contributed by atoms with Gasteiger partial charge in [0.05, 0.1) is 13.0 Å². The van der Waals surface area contributed by atoms with Crippen LogP contribution in [0.25, 0.3) is 0 Å². The normalized spacial score (nSPS) is 27.2. The molecule has 1 aliphatic heterocycles. The molecule has 4 nitrogen and oxygen atoms in total. The van der Waals surface area contributed by atoms with Gasteiger partial charge in [0.2, 0.25) is 0 Å². The van der Waals surface area contributed by atoms with E-state index in [1.54, 1.807) is 6.07 Å². The van der Waals surface area contributed by atoms with Crippen molar-refractivity contribution in [2.75, 3.05) is 20.2 Å². The maximum Gasteiger partial charge on any atom is 0.308 e. The van der Waals surface area contributed by atoms with Crippen molar-refractivity contribution < 1.29 is 19.0 Å². The summed E-state index contributed by atoms with van der Waals surface area (Å²) in [6.07, 6.45) is 0. The fourth-order valence-corrected chi connectivity index (χ4v) is 2.51. The van der Waals surface area contributed by atoms with Crippen LogP contribution in [0.4, 0.5) is 4.39 Å². The van der Waals surface area contributed by atoms with E-state index in [9.17, 15) is 14.3 Å². The molecule has 1 aliphatic rings. The number of nitrogens with one attached hydrogen (secondary N) is 1. The fraction of sp³-hybridized carbons (Fsp3) is 0.462.